The van der Waals surface area contributed by atoms with Crippen LogP contribution in [0.25, 0.3) is 0 Å². The summed E-state index contributed by atoms with van der Waals surface area (Å²) in [5.74, 6) is 1.03. The van der Waals surface area contributed by atoms with Gasteiger partial charge >= 0.3 is 0 Å². The molecule has 3 N–H and O–H groups in total. The van der Waals surface area contributed by atoms with E-state index in [4.69, 9.17) is 0 Å². The molecule has 4 nitrogen and oxygen atoms in total. The van der Waals surface area contributed by atoms with Crippen molar-refractivity contribution in [3.05, 3.63) is 71.8 Å². The van der Waals surface area contributed by atoms with Crippen LogP contribution in [0.1, 0.15) is 50.3 Å². The fourth-order valence-corrected chi connectivity index (χ4v) is 4.31. The lowest BCUT2D eigenvalue weighted by Gasteiger charge is -2.25. The molecule has 6 heteroatoms. The number of hydrogen-bond donors (Lipinski definition) is 3. The monoisotopic (exact) mass is 445 g/mol. The number of hydrogen-bond acceptors (Lipinski definition) is 5. The van der Waals surface area contributed by atoms with E-state index in [1.807, 2.05) is 47.2 Å². The van der Waals surface area contributed by atoms with Crippen LogP contribution in [0, 0.1) is 0 Å². The quantitative estimate of drug-likeness (QED) is 0.217. The Kier molecular flexibility index (Phi) is 12.0. The first-order valence-electron chi connectivity index (χ1n) is 10.6. The molecule has 0 aliphatic carbocycles. The topological polar surface area (TPSA) is 53.2 Å². The van der Waals surface area contributed by atoms with Crippen LogP contribution >= 0.6 is 21.6 Å². The molecule has 0 aromatic heterocycles. The predicted octanol–water partition coefficient (Wildman–Crippen LogP) is 4.99. The SMILES string of the molecule is CSSCNCCCCC(NC(C)C)C(=O)NC(c1ccccc1)c1ccccc1. The van der Waals surface area contributed by atoms with Crippen molar-refractivity contribution in [3.63, 3.8) is 0 Å². The lowest BCUT2D eigenvalue weighted by atomic mass is 9.97. The first-order chi connectivity index (χ1) is 14.6. The van der Waals surface area contributed by atoms with Crippen LogP contribution in [-0.2, 0) is 4.79 Å². The van der Waals surface area contributed by atoms with Gasteiger partial charge in [0.15, 0.2) is 0 Å². The van der Waals surface area contributed by atoms with Gasteiger partial charge in [0.25, 0.3) is 0 Å². The second-order valence-corrected chi connectivity index (χ2v) is 10.1. The molecular formula is C24H35N3OS2. The van der Waals surface area contributed by atoms with Gasteiger partial charge in [-0.1, -0.05) is 103 Å². The van der Waals surface area contributed by atoms with E-state index in [0.717, 1.165) is 42.8 Å². The van der Waals surface area contributed by atoms with Crippen molar-refractivity contribution >= 4 is 27.5 Å². The number of nitrogens with one attached hydrogen (secondary N) is 3. The molecule has 0 heterocycles. The van der Waals surface area contributed by atoms with Crippen molar-refractivity contribution in [1.82, 2.24) is 16.0 Å². The molecule has 2 aromatic rings. The third kappa shape index (κ3) is 9.13. The Balaban J connectivity index is 2.00. The van der Waals surface area contributed by atoms with Crippen molar-refractivity contribution < 1.29 is 4.79 Å². The summed E-state index contributed by atoms with van der Waals surface area (Å²) in [5, 5.41) is 10.2. The minimum Gasteiger partial charge on any atom is -0.344 e. The molecule has 0 aliphatic heterocycles. The molecule has 2 aromatic carbocycles. The van der Waals surface area contributed by atoms with Crippen LogP contribution < -0.4 is 16.0 Å². The average Bonchev–Trinajstić information content (AvgIpc) is 2.76. The van der Waals surface area contributed by atoms with Crippen LogP contribution in [0.4, 0.5) is 0 Å². The lowest BCUT2D eigenvalue weighted by Crippen LogP contribution is -2.48. The number of rotatable bonds is 14. The van der Waals surface area contributed by atoms with Gasteiger partial charge in [-0.05, 0) is 36.8 Å². The van der Waals surface area contributed by atoms with Crippen LogP contribution in [0.2, 0.25) is 0 Å². The van der Waals surface area contributed by atoms with Crippen molar-refractivity contribution in [2.75, 3.05) is 18.7 Å². The Morgan fingerprint density at radius 1 is 0.933 bits per heavy atom. The first-order valence-corrected chi connectivity index (χ1v) is 13.4. The predicted molar refractivity (Wildman–Crippen MR) is 133 cm³/mol. The summed E-state index contributed by atoms with van der Waals surface area (Å²) in [4.78, 5) is 13.2. The van der Waals surface area contributed by atoms with Gasteiger partial charge in [-0.15, -0.1) is 0 Å². The second kappa shape index (κ2) is 14.5. The van der Waals surface area contributed by atoms with Gasteiger partial charge in [0.05, 0.1) is 18.0 Å². The van der Waals surface area contributed by atoms with Crippen LogP contribution in [0.3, 0.4) is 0 Å². The van der Waals surface area contributed by atoms with Crippen molar-refractivity contribution in [3.8, 4) is 0 Å². The molecule has 30 heavy (non-hydrogen) atoms. The summed E-state index contributed by atoms with van der Waals surface area (Å²) in [6.07, 6.45) is 5.00. The van der Waals surface area contributed by atoms with Gasteiger partial charge in [0, 0.05) is 6.04 Å². The summed E-state index contributed by atoms with van der Waals surface area (Å²) in [6.45, 7) is 5.17. The van der Waals surface area contributed by atoms with Gasteiger partial charge in [-0.25, -0.2) is 0 Å². The fourth-order valence-electron chi connectivity index (χ4n) is 3.36. The molecule has 0 spiro atoms. The largest absolute Gasteiger partial charge is 0.344 e. The maximum atomic E-state index is 13.2. The Labute approximate surface area is 189 Å². The van der Waals surface area contributed by atoms with Crippen molar-refractivity contribution in [2.45, 2.75) is 51.2 Å². The highest BCUT2D eigenvalue weighted by atomic mass is 33.1. The second-order valence-electron chi connectivity index (χ2n) is 7.56. The molecule has 0 saturated carbocycles. The number of unbranched alkanes of at least 4 members (excludes halogenated alkanes) is 1. The molecule has 0 bridgehead atoms. The zero-order valence-corrected chi connectivity index (χ0v) is 19.9. The Morgan fingerprint density at radius 3 is 2.07 bits per heavy atom. The highest BCUT2D eigenvalue weighted by Gasteiger charge is 2.23. The van der Waals surface area contributed by atoms with Gasteiger partial charge in [-0.2, -0.15) is 0 Å². The molecule has 0 aliphatic rings. The zero-order valence-electron chi connectivity index (χ0n) is 18.3. The summed E-state index contributed by atoms with van der Waals surface area (Å²) >= 11 is 0. The maximum absolute atomic E-state index is 13.2. The Morgan fingerprint density at radius 2 is 1.53 bits per heavy atom. The normalized spacial score (nSPS) is 12.3. The number of amides is 1. The van der Waals surface area contributed by atoms with Crippen LogP contribution in [0.5, 0.6) is 0 Å². The third-order valence-corrected chi connectivity index (χ3v) is 6.40. The molecule has 1 atom stereocenters. The third-order valence-electron chi connectivity index (χ3n) is 4.78. The summed E-state index contributed by atoms with van der Waals surface area (Å²) in [7, 11) is 3.59. The Hall–Kier alpha value is -1.47. The summed E-state index contributed by atoms with van der Waals surface area (Å²) in [6, 6.07) is 20.3. The van der Waals surface area contributed by atoms with Gasteiger partial charge in [0.2, 0.25) is 5.91 Å². The molecule has 0 saturated heterocycles. The maximum Gasteiger partial charge on any atom is 0.237 e. The van der Waals surface area contributed by atoms with E-state index >= 15 is 0 Å². The Bertz CT molecular complexity index is 673. The van der Waals surface area contributed by atoms with Crippen LogP contribution in [0.15, 0.2) is 60.7 Å². The van der Waals surface area contributed by atoms with Crippen molar-refractivity contribution in [2.24, 2.45) is 0 Å². The zero-order chi connectivity index (χ0) is 21.6. The van der Waals surface area contributed by atoms with E-state index in [1.165, 1.54) is 0 Å². The number of carbonyl (C=O) groups is 1. The van der Waals surface area contributed by atoms with E-state index in [9.17, 15) is 4.79 Å². The van der Waals surface area contributed by atoms with Gasteiger partial charge in [-0.3, -0.25) is 4.79 Å². The molecular weight excluding hydrogens is 410 g/mol. The molecule has 164 valence electrons. The fraction of sp³-hybridized carbons (Fsp3) is 0.458. The molecule has 0 radical (unpaired) electrons. The van der Waals surface area contributed by atoms with E-state index in [1.54, 1.807) is 10.8 Å². The lowest BCUT2D eigenvalue weighted by molar-refractivity contribution is -0.124. The van der Waals surface area contributed by atoms with E-state index in [0.29, 0.717) is 0 Å². The molecule has 0 fully saturated rings. The van der Waals surface area contributed by atoms with Gasteiger partial charge < -0.3 is 16.0 Å². The minimum absolute atomic E-state index is 0.0623. The van der Waals surface area contributed by atoms with Crippen LogP contribution in [-0.4, -0.2) is 36.7 Å². The summed E-state index contributed by atoms with van der Waals surface area (Å²) < 4.78 is 0. The van der Waals surface area contributed by atoms with E-state index in [-0.39, 0.29) is 24.0 Å². The standard InChI is InChI=1S/C24H35N3OS2/c1-19(2)26-22(16-10-11-17-25-18-30-29-3)24(28)27-23(20-12-6-4-7-13-20)21-14-8-5-9-15-21/h4-9,12-15,19,22-23,25-26H,10-11,16-18H2,1-3H3,(H,27,28). The van der Waals surface area contributed by atoms with Gasteiger partial charge in [0.1, 0.15) is 0 Å². The summed E-state index contributed by atoms with van der Waals surface area (Å²) in [5.41, 5.74) is 2.19. The molecule has 2 rings (SSSR count). The number of carbonyl (C=O) groups excluding carboxylic acids is 1. The minimum atomic E-state index is -0.194. The average molecular weight is 446 g/mol. The molecule has 1 unspecified atom stereocenters. The van der Waals surface area contributed by atoms with E-state index < -0.39 is 0 Å². The van der Waals surface area contributed by atoms with Crippen molar-refractivity contribution in [1.29, 1.82) is 0 Å². The number of benzene rings is 2. The highest BCUT2D eigenvalue weighted by molar-refractivity contribution is 8.76. The molecule has 1 amide bonds. The smallest absolute Gasteiger partial charge is 0.237 e. The first kappa shape index (κ1) is 24.8. The highest BCUT2D eigenvalue weighted by Crippen LogP contribution is 2.22. The van der Waals surface area contributed by atoms with E-state index in [2.05, 4.69) is 60.3 Å².